The Labute approximate surface area is 159 Å². The highest BCUT2D eigenvalue weighted by Gasteiger charge is 2.21. The fourth-order valence-corrected chi connectivity index (χ4v) is 3.43. The first-order valence-corrected chi connectivity index (χ1v) is 9.25. The van der Waals surface area contributed by atoms with Crippen LogP contribution in [0.4, 0.5) is 5.69 Å². The van der Waals surface area contributed by atoms with Crippen LogP contribution >= 0.6 is 11.8 Å². The van der Waals surface area contributed by atoms with E-state index < -0.39 is 0 Å². The molecule has 0 bridgehead atoms. The molecule has 3 heterocycles. The van der Waals surface area contributed by atoms with E-state index in [0.717, 1.165) is 11.0 Å². The molecule has 136 valence electrons. The molecular formula is C19H17N5O2S. The summed E-state index contributed by atoms with van der Waals surface area (Å²) in [6, 6.07) is 13.3. The molecular weight excluding hydrogens is 362 g/mol. The minimum atomic E-state index is -0.350. The molecule has 4 rings (SSSR count). The fourth-order valence-electron chi connectivity index (χ4n) is 2.62. The first-order valence-electron chi connectivity index (χ1n) is 8.37. The number of thioether (sulfide) groups is 1. The molecule has 0 saturated heterocycles. The molecule has 3 aromatic heterocycles. The van der Waals surface area contributed by atoms with Gasteiger partial charge < -0.3 is 14.3 Å². The third kappa shape index (κ3) is 3.56. The minimum Gasteiger partial charge on any atom is -0.453 e. The number of pyridine rings is 1. The van der Waals surface area contributed by atoms with Gasteiger partial charge in [0.25, 0.3) is 0 Å². The van der Waals surface area contributed by atoms with E-state index in [1.54, 1.807) is 24.5 Å². The summed E-state index contributed by atoms with van der Waals surface area (Å²) in [5, 5.41) is 12.6. The summed E-state index contributed by atoms with van der Waals surface area (Å²) >= 11 is 1.34. The molecule has 0 saturated carbocycles. The molecule has 0 aliphatic carbocycles. The molecule has 0 spiro atoms. The standard InChI is InChI=1S/C19H17N5O2S/c1-12(18(25)21-14-7-5-9-20-11-14)27-19-23-22-17(24(19)2)16-10-13-6-3-4-8-15(13)26-16/h3-12H,1-2H3,(H,21,25). The Kier molecular flexibility index (Phi) is 4.64. The largest absolute Gasteiger partial charge is 0.453 e. The van der Waals surface area contributed by atoms with Gasteiger partial charge in [0.15, 0.2) is 16.7 Å². The molecule has 1 amide bonds. The average Bonchev–Trinajstić information content (AvgIpc) is 3.26. The number of amides is 1. The summed E-state index contributed by atoms with van der Waals surface area (Å²) in [6.07, 6.45) is 3.27. The Bertz CT molecular complexity index is 1060. The van der Waals surface area contributed by atoms with E-state index >= 15 is 0 Å². The van der Waals surface area contributed by atoms with Crippen molar-refractivity contribution in [2.24, 2.45) is 7.05 Å². The number of carbonyl (C=O) groups excluding carboxylic acids is 1. The predicted octanol–water partition coefficient (Wildman–Crippen LogP) is 3.74. The Morgan fingerprint density at radius 1 is 1.22 bits per heavy atom. The van der Waals surface area contributed by atoms with Crippen molar-refractivity contribution in [1.29, 1.82) is 0 Å². The SMILES string of the molecule is CC(Sc1nnc(-c2cc3ccccc3o2)n1C)C(=O)Nc1cccnc1. The summed E-state index contributed by atoms with van der Waals surface area (Å²) < 4.78 is 7.69. The molecule has 4 aromatic rings. The third-order valence-electron chi connectivity index (χ3n) is 4.06. The molecule has 1 atom stereocenters. The number of aromatic nitrogens is 4. The van der Waals surface area contributed by atoms with Crippen LogP contribution in [-0.4, -0.2) is 30.9 Å². The van der Waals surface area contributed by atoms with Crippen LogP contribution in [0.2, 0.25) is 0 Å². The van der Waals surface area contributed by atoms with Gasteiger partial charge in [-0.15, -0.1) is 10.2 Å². The van der Waals surface area contributed by atoms with E-state index in [2.05, 4.69) is 20.5 Å². The van der Waals surface area contributed by atoms with Gasteiger partial charge in [-0.3, -0.25) is 9.78 Å². The van der Waals surface area contributed by atoms with E-state index in [1.807, 2.05) is 48.9 Å². The van der Waals surface area contributed by atoms with E-state index in [9.17, 15) is 4.79 Å². The second-order valence-corrected chi connectivity index (χ2v) is 7.31. The van der Waals surface area contributed by atoms with Gasteiger partial charge in [-0.1, -0.05) is 30.0 Å². The molecule has 27 heavy (non-hydrogen) atoms. The molecule has 8 heteroatoms. The summed E-state index contributed by atoms with van der Waals surface area (Å²) in [5.41, 5.74) is 1.46. The number of rotatable bonds is 5. The lowest BCUT2D eigenvalue weighted by molar-refractivity contribution is -0.115. The van der Waals surface area contributed by atoms with Crippen molar-refractivity contribution in [2.75, 3.05) is 5.32 Å². The molecule has 0 aliphatic heterocycles. The number of hydrogen-bond acceptors (Lipinski definition) is 6. The van der Waals surface area contributed by atoms with E-state index in [1.165, 1.54) is 11.8 Å². The van der Waals surface area contributed by atoms with Gasteiger partial charge in [0.1, 0.15) is 5.58 Å². The van der Waals surface area contributed by atoms with Crippen LogP contribution in [0.15, 0.2) is 64.4 Å². The Morgan fingerprint density at radius 3 is 2.85 bits per heavy atom. The molecule has 7 nitrogen and oxygen atoms in total. The van der Waals surface area contributed by atoms with Crippen LogP contribution in [-0.2, 0) is 11.8 Å². The van der Waals surface area contributed by atoms with Crippen LogP contribution < -0.4 is 5.32 Å². The van der Waals surface area contributed by atoms with Gasteiger partial charge in [-0.05, 0) is 31.2 Å². The predicted molar refractivity (Wildman–Crippen MR) is 104 cm³/mol. The summed E-state index contributed by atoms with van der Waals surface area (Å²) in [6.45, 7) is 1.83. The van der Waals surface area contributed by atoms with E-state index in [-0.39, 0.29) is 11.2 Å². The molecule has 1 aromatic carbocycles. The monoisotopic (exact) mass is 379 g/mol. The smallest absolute Gasteiger partial charge is 0.237 e. The van der Waals surface area contributed by atoms with Crippen LogP contribution in [0.25, 0.3) is 22.6 Å². The first-order chi connectivity index (χ1) is 13.1. The topological polar surface area (TPSA) is 85.8 Å². The van der Waals surface area contributed by atoms with Crippen molar-refractivity contribution >= 4 is 34.3 Å². The van der Waals surface area contributed by atoms with Crippen molar-refractivity contribution in [3.63, 3.8) is 0 Å². The average molecular weight is 379 g/mol. The van der Waals surface area contributed by atoms with Gasteiger partial charge in [0.2, 0.25) is 5.91 Å². The molecule has 0 fully saturated rings. The summed E-state index contributed by atoms with van der Waals surface area (Å²) in [5.74, 6) is 1.14. The van der Waals surface area contributed by atoms with Gasteiger partial charge in [0.05, 0.1) is 17.1 Å². The first kappa shape index (κ1) is 17.3. The van der Waals surface area contributed by atoms with Crippen molar-refractivity contribution in [3.8, 4) is 11.6 Å². The summed E-state index contributed by atoms with van der Waals surface area (Å²) in [7, 11) is 1.86. The minimum absolute atomic E-state index is 0.124. The highest BCUT2D eigenvalue weighted by molar-refractivity contribution is 8.00. The van der Waals surface area contributed by atoms with E-state index in [0.29, 0.717) is 22.4 Å². The Balaban J connectivity index is 1.51. The van der Waals surface area contributed by atoms with Gasteiger partial charge >= 0.3 is 0 Å². The highest BCUT2D eigenvalue weighted by Crippen LogP contribution is 2.29. The quantitative estimate of drug-likeness (QED) is 0.532. The Hall–Kier alpha value is -3.13. The molecule has 0 aliphatic rings. The van der Waals surface area contributed by atoms with Gasteiger partial charge in [0, 0.05) is 18.6 Å². The lowest BCUT2D eigenvalue weighted by Crippen LogP contribution is -2.22. The second-order valence-electron chi connectivity index (χ2n) is 6.00. The number of fused-ring (bicyclic) bond motifs is 1. The summed E-state index contributed by atoms with van der Waals surface area (Å²) in [4.78, 5) is 16.4. The van der Waals surface area contributed by atoms with Crippen molar-refractivity contribution in [1.82, 2.24) is 19.7 Å². The van der Waals surface area contributed by atoms with Gasteiger partial charge in [-0.2, -0.15) is 0 Å². The van der Waals surface area contributed by atoms with Gasteiger partial charge in [-0.25, -0.2) is 0 Å². The van der Waals surface area contributed by atoms with E-state index in [4.69, 9.17) is 4.42 Å². The lowest BCUT2D eigenvalue weighted by atomic mass is 10.2. The number of carbonyl (C=O) groups is 1. The molecule has 1 unspecified atom stereocenters. The maximum atomic E-state index is 12.4. The Morgan fingerprint density at radius 2 is 2.07 bits per heavy atom. The zero-order chi connectivity index (χ0) is 18.8. The maximum Gasteiger partial charge on any atom is 0.237 e. The van der Waals surface area contributed by atoms with Crippen molar-refractivity contribution in [3.05, 3.63) is 54.9 Å². The third-order valence-corrected chi connectivity index (χ3v) is 5.20. The maximum absolute atomic E-state index is 12.4. The van der Waals surface area contributed by atoms with Crippen molar-refractivity contribution in [2.45, 2.75) is 17.3 Å². The number of benzene rings is 1. The number of anilines is 1. The van der Waals surface area contributed by atoms with Crippen LogP contribution in [0.3, 0.4) is 0 Å². The number of hydrogen-bond donors (Lipinski definition) is 1. The molecule has 1 N–H and O–H groups in total. The zero-order valence-corrected chi connectivity index (χ0v) is 15.6. The van der Waals surface area contributed by atoms with Crippen LogP contribution in [0, 0.1) is 0 Å². The normalized spacial score (nSPS) is 12.2. The number of para-hydroxylation sites is 1. The fraction of sp³-hybridized carbons (Fsp3) is 0.158. The highest BCUT2D eigenvalue weighted by atomic mass is 32.2. The van der Waals surface area contributed by atoms with Crippen LogP contribution in [0.1, 0.15) is 6.92 Å². The second kappa shape index (κ2) is 7.24. The lowest BCUT2D eigenvalue weighted by Gasteiger charge is -2.11. The van der Waals surface area contributed by atoms with Crippen LogP contribution in [0.5, 0.6) is 0 Å². The number of furan rings is 1. The number of nitrogens with one attached hydrogen (secondary N) is 1. The zero-order valence-electron chi connectivity index (χ0n) is 14.8. The van der Waals surface area contributed by atoms with Crippen molar-refractivity contribution < 1.29 is 9.21 Å². The number of nitrogens with zero attached hydrogens (tertiary/aromatic N) is 4. The molecule has 0 radical (unpaired) electrons.